The van der Waals surface area contributed by atoms with Crippen LogP contribution in [0.15, 0.2) is 36.9 Å². The molecular weight excluding hydrogens is 158 g/mol. The molecule has 0 saturated carbocycles. The number of nitrogens with one attached hydrogen (secondary N) is 1. The first-order valence-electron chi connectivity index (χ1n) is 4.70. The molecule has 1 heteroatoms. The zero-order valence-electron chi connectivity index (χ0n) is 8.38. The number of hydrogen-bond donors (Lipinski definition) is 1. The fourth-order valence-corrected chi connectivity index (χ4v) is 1.42. The molecule has 0 radical (unpaired) electrons. The smallest absolute Gasteiger partial charge is 0.0503 e. The molecule has 1 atom stereocenters. The van der Waals surface area contributed by atoms with Crippen LogP contribution in [0.4, 0.5) is 0 Å². The van der Waals surface area contributed by atoms with Crippen molar-refractivity contribution >= 4 is 0 Å². The predicted molar refractivity (Wildman–Crippen MR) is 57.8 cm³/mol. The Kier molecular flexibility index (Phi) is 3.71. The first-order chi connectivity index (χ1) is 6.27. The van der Waals surface area contributed by atoms with E-state index in [-0.39, 0.29) is 6.04 Å². The van der Waals surface area contributed by atoms with Gasteiger partial charge < -0.3 is 5.32 Å². The summed E-state index contributed by atoms with van der Waals surface area (Å²) in [4.78, 5) is 0. The van der Waals surface area contributed by atoms with Crippen LogP contribution in [0.25, 0.3) is 0 Å². The van der Waals surface area contributed by atoms with E-state index < -0.39 is 0 Å². The fourth-order valence-electron chi connectivity index (χ4n) is 1.42. The van der Waals surface area contributed by atoms with E-state index >= 15 is 0 Å². The second-order valence-corrected chi connectivity index (χ2v) is 3.19. The average Bonchev–Trinajstić information content (AvgIpc) is 2.14. The van der Waals surface area contributed by atoms with Crippen molar-refractivity contribution in [1.82, 2.24) is 5.32 Å². The molecule has 70 valence electrons. The van der Waals surface area contributed by atoms with Gasteiger partial charge >= 0.3 is 0 Å². The van der Waals surface area contributed by atoms with Gasteiger partial charge in [-0.15, -0.1) is 6.58 Å². The van der Waals surface area contributed by atoms with Gasteiger partial charge in [0, 0.05) is 0 Å². The molecule has 1 unspecified atom stereocenters. The Morgan fingerprint density at radius 1 is 1.54 bits per heavy atom. The van der Waals surface area contributed by atoms with Gasteiger partial charge in [0.2, 0.25) is 0 Å². The lowest BCUT2D eigenvalue weighted by atomic mass is 10.0. The van der Waals surface area contributed by atoms with E-state index in [1.54, 1.807) is 0 Å². The lowest BCUT2D eigenvalue weighted by molar-refractivity contribution is 0.649. The van der Waals surface area contributed by atoms with Gasteiger partial charge in [-0.25, -0.2) is 0 Å². The van der Waals surface area contributed by atoms with Gasteiger partial charge in [-0.3, -0.25) is 0 Å². The van der Waals surface area contributed by atoms with E-state index in [0.29, 0.717) is 0 Å². The van der Waals surface area contributed by atoms with Gasteiger partial charge in [0.15, 0.2) is 0 Å². The van der Waals surface area contributed by atoms with Crippen molar-refractivity contribution in [3.05, 3.63) is 48.0 Å². The van der Waals surface area contributed by atoms with E-state index in [0.717, 1.165) is 6.54 Å². The molecule has 0 bridgehead atoms. The lowest BCUT2D eigenvalue weighted by Crippen LogP contribution is -2.18. The summed E-state index contributed by atoms with van der Waals surface area (Å²) in [5.74, 6) is 0. The summed E-state index contributed by atoms with van der Waals surface area (Å²) in [6, 6.07) is 8.79. The molecule has 0 aliphatic rings. The molecule has 0 aliphatic heterocycles. The van der Waals surface area contributed by atoms with Crippen molar-refractivity contribution in [2.24, 2.45) is 0 Å². The molecular formula is C12H17N. The molecule has 1 nitrogen and oxygen atoms in total. The van der Waals surface area contributed by atoms with E-state index in [9.17, 15) is 0 Å². The Hall–Kier alpha value is -1.08. The molecule has 0 aromatic heterocycles. The topological polar surface area (TPSA) is 12.0 Å². The van der Waals surface area contributed by atoms with Crippen molar-refractivity contribution in [3.8, 4) is 0 Å². The molecule has 0 fully saturated rings. The molecule has 1 N–H and O–H groups in total. The second-order valence-electron chi connectivity index (χ2n) is 3.19. The molecule has 0 saturated heterocycles. The maximum absolute atomic E-state index is 3.82. The monoisotopic (exact) mass is 175 g/mol. The SMILES string of the molecule is C=CC(NCC)c1cccc(C)c1. The summed E-state index contributed by atoms with van der Waals surface area (Å²) in [7, 11) is 0. The van der Waals surface area contributed by atoms with Gasteiger partial charge in [0.25, 0.3) is 0 Å². The Bertz CT molecular complexity index is 278. The second kappa shape index (κ2) is 4.83. The van der Waals surface area contributed by atoms with Crippen LogP contribution < -0.4 is 5.32 Å². The van der Waals surface area contributed by atoms with Gasteiger partial charge in [0.05, 0.1) is 6.04 Å². The third-order valence-corrected chi connectivity index (χ3v) is 2.06. The van der Waals surface area contributed by atoms with Crippen LogP contribution >= 0.6 is 0 Å². The summed E-state index contributed by atoms with van der Waals surface area (Å²) >= 11 is 0. The molecule has 0 amide bonds. The normalized spacial score (nSPS) is 12.5. The predicted octanol–water partition coefficient (Wildman–Crippen LogP) is 2.83. The summed E-state index contributed by atoms with van der Waals surface area (Å²) in [6.45, 7) is 9.00. The molecule has 13 heavy (non-hydrogen) atoms. The summed E-state index contributed by atoms with van der Waals surface area (Å²) in [6.07, 6.45) is 1.94. The number of likely N-dealkylation sites (N-methyl/N-ethyl adjacent to an activating group) is 1. The maximum atomic E-state index is 3.82. The van der Waals surface area contributed by atoms with Crippen LogP contribution in [-0.4, -0.2) is 6.54 Å². The lowest BCUT2D eigenvalue weighted by Gasteiger charge is -2.13. The summed E-state index contributed by atoms with van der Waals surface area (Å²) < 4.78 is 0. The van der Waals surface area contributed by atoms with Crippen LogP contribution in [0.3, 0.4) is 0 Å². The van der Waals surface area contributed by atoms with Crippen molar-refractivity contribution in [3.63, 3.8) is 0 Å². The highest BCUT2D eigenvalue weighted by Gasteiger charge is 2.04. The number of aryl methyl sites for hydroxylation is 1. The Morgan fingerprint density at radius 2 is 2.31 bits per heavy atom. The van der Waals surface area contributed by atoms with E-state index in [4.69, 9.17) is 0 Å². The third-order valence-electron chi connectivity index (χ3n) is 2.06. The zero-order valence-corrected chi connectivity index (χ0v) is 8.38. The standard InChI is InChI=1S/C12H17N/c1-4-12(13-5-2)11-8-6-7-10(3)9-11/h4,6-9,12-13H,1,5H2,2-3H3. The molecule has 0 heterocycles. The minimum Gasteiger partial charge on any atom is -0.307 e. The quantitative estimate of drug-likeness (QED) is 0.694. The largest absolute Gasteiger partial charge is 0.307 e. The van der Waals surface area contributed by atoms with E-state index in [1.807, 2.05) is 6.08 Å². The zero-order chi connectivity index (χ0) is 9.68. The number of hydrogen-bond acceptors (Lipinski definition) is 1. The minimum absolute atomic E-state index is 0.282. The van der Waals surface area contributed by atoms with Gasteiger partial charge in [-0.1, -0.05) is 42.8 Å². The van der Waals surface area contributed by atoms with Crippen molar-refractivity contribution in [2.75, 3.05) is 6.54 Å². The molecule has 0 spiro atoms. The summed E-state index contributed by atoms with van der Waals surface area (Å²) in [5.41, 5.74) is 2.58. The van der Waals surface area contributed by atoms with Crippen molar-refractivity contribution in [2.45, 2.75) is 19.9 Å². The first-order valence-corrected chi connectivity index (χ1v) is 4.70. The van der Waals surface area contributed by atoms with E-state index in [2.05, 4.69) is 50.0 Å². The third kappa shape index (κ3) is 2.71. The van der Waals surface area contributed by atoms with Gasteiger partial charge in [-0.2, -0.15) is 0 Å². The molecule has 1 aromatic carbocycles. The first kappa shape index (κ1) is 10.0. The summed E-state index contributed by atoms with van der Waals surface area (Å²) in [5, 5.41) is 3.36. The fraction of sp³-hybridized carbons (Fsp3) is 0.333. The van der Waals surface area contributed by atoms with Crippen molar-refractivity contribution < 1.29 is 0 Å². The van der Waals surface area contributed by atoms with Crippen LogP contribution in [0.1, 0.15) is 24.1 Å². The number of rotatable bonds is 4. The van der Waals surface area contributed by atoms with Crippen LogP contribution in [-0.2, 0) is 0 Å². The van der Waals surface area contributed by atoms with Crippen LogP contribution in [0.5, 0.6) is 0 Å². The molecule has 1 aromatic rings. The van der Waals surface area contributed by atoms with Crippen LogP contribution in [0.2, 0.25) is 0 Å². The number of benzene rings is 1. The van der Waals surface area contributed by atoms with Gasteiger partial charge in [-0.05, 0) is 19.0 Å². The van der Waals surface area contributed by atoms with Gasteiger partial charge in [0.1, 0.15) is 0 Å². The Labute approximate surface area is 80.5 Å². The highest BCUT2D eigenvalue weighted by molar-refractivity contribution is 5.27. The highest BCUT2D eigenvalue weighted by atomic mass is 14.9. The van der Waals surface area contributed by atoms with Crippen molar-refractivity contribution in [1.29, 1.82) is 0 Å². The molecule has 1 rings (SSSR count). The highest BCUT2D eigenvalue weighted by Crippen LogP contribution is 2.14. The Morgan fingerprint density at radius 3 is 2.85 bits per heavy atom. The maximum Gasteiger partial charge on any atom is 0.0503 e. The van der Waals surface area contributed by atoms with Crippen LogP contribution in [0, 0.1) is 6.92 Å². The van der Waals surface area contributed by atoms with E-state index in [1.165, 1.54) is 11.1 Å². The molecule has 0 aliphatic carbocycles. The average molecular weight is 175 g/mol. The minimum atomic E-state index is 0.282. The Balaban J connectivity index is 2.84.